The Balaban J connectivity index is 1.33. The quantitative estimate of drug-likeness (QED) is 0.854. The number of amides is 1. The second-order valence-electron chi connectivity index (χ2n) is 6.64. The van der Waals surface area contributed by atoms with E-state index in [4.69, 9.17) is 9.26 Å². The lowest BCUT2D eigenvalue weighted by Crippen LogP contribution is -2.46. The molecule has 1 spiro atoms. The molecule has 0 unspecified atom stereocenters. The molecule has 2 fully saturated rings. The van der Waals surface area contributed by atoms with Gasteiger partial charge in [-0.1, -0.05) is 11.2 Å². The molecule has 7 heteroatoms. The van der Waals surface area contributed by atoms with Gasteiger partial charge in [-0.25, -0.2) is 0 Å². The molecule has 1 atom stereocenters. The number of aryl methyl sites for hydroxylation is 1. The molecule has 0 radical (unpaired) electrons. The normalized spacial score (nSPS) is 23.0. The van der Waals surface area contributed by atoms with E-state index in [9.17, 15) is 4.79 Å². The van der Waals surface area contributed by atoms with E-state index in [-0.39, 0.29) is 17.6 Å². The summed E-state index contributed by atoms with van der Waals surface area (Å²) in [5, 5.41) is 5.86. The molecular weight excluding hydrogens is 326 g/mol. The molecule has 2 aliphatic heterocycles. The molecule has 4 heterocycles. The Morgan fingerprint density at radius 3 is 2.92 bits per heavy atom. The Labute approximate surface area is 144 Å². The zero-order valence-corrected chi connectivity index (χ0v) is 14.6. The van der Waals surface area contributed by atoms with Crippen molar-refractivity contribution in [3.8, 4) is 0 Å². The summed E-state index contributed by atoms with van der Waals surface area (Å²) in [5.74, 6) is 1.44. The van der Waals surface area contributed by atoms with E-state index in [2.05, 4.69) is 10.1 Å². The van der Waals surface area contributed by atoms with Crippen molar-refractivity contribution in [1.29, 1.82) is 0 Å². The molecule has 2 aliphatic rings. The molecule has 0 aromatic carbocycles. The first kappa shape index (κ1) is 15.8. The highest BCUT2D eigenvalue weighted by atomic mass is 32.1. The average Bonchev–Trinajstić information content (AvgIpc) is 3.30. The molecule has 0 aliphatic carbocycles. The molecule has 0 N–H and O–H groups in total. The van der Waals surface area contributed by atoms with Crippen LogP contribution in [0, 0.1) is 6.92 Å². The van der Waals surface area contributed by atoms with Crippen molar-refractivity contribution >= 4 is 17.2 Å². The Morgan fingerprint density at radius 2 is 2.25 bits per heavy atom. The maximum absolute atomic E-state index is 12.4. The van der Waals surface area contributed by atoms with Gasteiger partial charge in [0.1, 0.15) is 6.10 Å². The minimum atomic E-state index is -0.132. The summed E-state index contributed by atoms with van der Waals surface area (Å²) in [4.78, 5) is 19.8. The maximum atomic E-state index is 12.4. The number of carbonyl (C=O) groups excluding carboxylic acids is 1. The third kappa shape index (κ3) is 3.10. The second-order valence-corrected chi connectivity index (χ2v) is 7.68. The molecule has 4 rings (SSSR count). The molecule has 6 nitrogen and oxygen atoms in total. The summed E-state index contributed by atoms with van der Waals surface area (Å²) in [7, 11) is 0. The predicted molar refractivity (Wildman–Crippen MR) is 88.7 cm³/mol. The number of ether oxygens (including phenoxy) is 1. The molecule has 128 valence electrons. The largest absolute Gasteiger partial charge is 0.362 e. The Bertz CT molecular complexity index is 704. The van der Waals surface area contributed by atoms with E-state index in [0.717, 1.165) is 43.6 Å². The molecule has 2 aromatic rings. The van der Waals surface area contributed by atoms with Crippen molar-refractivity contribution in [3.63, 3.8) is 0 Å². The summed E-state index contributed by atoms with van der Waals surface area (Å²) in [6, 6.07) is 4.01. The van der Waals surface area contributed by atoms with Crippen molar-refractivity contribution in [2.45, 2.75) is 50.7 Å². The van der Waals surface area contributed by atoms with E-state index in [1.54, 1.807) is 11.3 Å². The Morgan fingerprint density at radius 1 is 1.42 bits per heavy atom. The van der Waals surface area contributed by atoms with Gasteiger partial charge in [0.2, 0.25) is 5.91 Å². The first-order valence-corrected chi connectivity index (χ1v) is 9.30. The fourth-order valence-electron chi connectivity index (χ4n) is 3.64. The number of hydrogen-bond donors (Lipinski definition) is 0. The fourth-order valence-corrected chi connectivity index (χ4v) is 4.33. The number of hydrogen-bond acceptors (Lipinski definition) is 6. The lowest BCUT2D eigenvalue weighted by Gasteiger charge is -2.39. The number of rotatable bonds is 3. The van der Waals surface area contributed by atoms with Crippen LogP contribution < -0.4 is 0 Å². The highest BCUT2D eigenvalue weighted by Crippen LogP contribution is 2.44. The van der Waals surface area contributed by atoms with Crippen LogP contribution in [0.2, 0.25) is 0 Å². The fraction of sp³-hybridized carbons (Fsp3) is 0.588. The zero-order valence-electron chi connectivity index (χ0n) is 13.7. The van der Waals surface area contributed by atoms with Gasteiger partial charge in [-0.2, -0.15) is 4.98 Å². The van der Waals surface area contributed by atoms with Gasteiger partial charge in [0, 0.05) is 18.0 Å². The third-order valence-corrected chi connectivity index (χ3v) is 5.88. The topological polar surface area (TPSA) is 68.5 Å². The van der Waals surface area contributed by atoms with Gasteiger partial charge >= 0.3 is 0 Å². The van der Waals surface area contributed by atoms with Crippen LogP contribution in [-0.2, 0) is 16.0 Å². The molecule has 1 amide bonds. The van der Waals surface area contributed by atoms with Gasteiger partial charge in [0.05, 0.1) is 12.0 Å². The van der Waals surface area contributed by atoms with Crippen LogP contribution in [-0.4, -0.2) is 39.6 Å². The molecule has 2 saturated heterocycles. The van der Waals surface area contributed by atoms with Crippen LogP contribution in [0.4, 0.5) is 0 Å². The maximum Gasteiger partial charge on any atom is 0.255 e. The Hall–Kier alpha value is -1.73. The van der Waals surface area contributed by atoms with Gasteiger partial charge in [-0.3, -0.25) is 4.79 Å². The summed E-state index contributed by atoms with van der Waals surface area (Å²) >= 11 is 1.64. The van der Waals surface area contributed by atoms with Crippen molar-refractivity contribution in [3.05, 3.63) is 34.1 Å². The van der Waals surface area contributed by atoms with E-state index in [1.807, 2.05) is 29.3 Å². The van der Waals surface area contributed by atoms with Crippen LogP contribution in [0.15, 0.2) is 22.0 Å². The Kier molecular flexibility index (Phi) is 4.14. The van der Waals surface area contributed by atoms with Gasteiger partial charge in [-0.15, -0.1) is 11.3 Å². The lowest BCUT2D eigenvalue weighted by atomic mass is 9.88. The number of likely N-dealkylation sites (tertiary alicyclic amines) is 1. The van der Waals surface area contributed by atoms with Crippen molar-refractivity contribution in [2.75, 3.05) is 13.1 Å². The number of thiophene rings is 1. The number of piperidine rings is 1. The van der Waals surface area contributed by atoms with Crippen LogP contribution in [0.3, 0.4) is 0 Å². The zero-order chi connectivity index (χ0) is 16.6. The van der Waals surface area contributed by atoms with Crippen molar-refractivity contribution < 1.29 is 14.1 Å². The first-order valence-electron chi connectivity index (χ1n) is 8.42. The van der Waals surface area contributed by atoms with Gasteiger partial charge < -0.3 is 14.2 Å². The predicted octanol–water partition coefficient (Wildman–Crippen LogP) is 2.89. The van der Waals surface area contributed by atoms with Gasteiger partial charge in [0.25, 0.3) is 5.89 Å². The molecule has 0 bridgehead atoms. The average molecular weight is 347 g/mol. The van der Waals surface area contributed by atoms with E-state index < -0.39 is 0 Å². The minimum Gasteiger partial charge on any atom is -0.362 e. The van der Waals surface area contributed by atoms with Gasteiger partial charge in [0.15, 0.2) is 5.82 Å². The summed E-state index contributed by atoms with van der Waals surface area (Å²) in [5.41, 5.74) is -0.132. The lowest BCUT2D eigenvalue weighted by molar-refractivity contribution is -0.137. The van der Waals surface area contributed by atoms with Crippen molar-refractivity contribution in [2.24, 2.45) is 0 Å². The van der Waals surface area contributed by atoms with Gasteiger partial charge in [-0.05, 0) is 44.1 Å². The van der Waals surface area contributed by atoms with Crippen LogP contribution in [0.5, 0.6) is 0 Å². The molecular formula is C17H21N3O3S. The van der Waals surface area contributed by atoms with Crippen LogP contribution >= 0.6 is 11.3 Å². The van der Waals surface area contributed by atoms with E-state index in [0.29, 0.717) is 18.1 Å². The summed E-state index contributed by atoms with van der Waals surface area (Å²) in [6.07, 6.45) is 4.07. The number of aromatic nitrogens is 2. The smallest absolute Gasteiger partial charge is 0.255 e. The van der Waals surface area contributed by atoms with E-state index >= 15 is 0 Å². The second kappa shape index (κ2) is 6.29. The standard InChI is InChI=1S/C17H21N3O3S/c1-12-18-16(23-19-12)14-4-5-17(22-14)6-8-20(9-7-17)15(21)11-13-3-2-10-24-13/h2-3,10,14H,4-9,11H2,1H3/t14-/m0/s1. The monoisotopic (exact) mass is 347 g/mol. The summed E-state index contributed by atoms with van der Waals surface area (Å²) < 4.78 is 11.5. The van der Waals surface area contributed by atoms with Crippen LogP contribution in [0.1, 0.15) is 48.4 Å². The SMILES string of the molecule is Cc1noc([C@@H]2CCC3(CCN(C(=O)Cc4cccs4)CC3)O2)n1. The summed E-state index contributed by atoms with van der Waals surface area (Å²) in [6.45, 7) is 3.34. The van der Waals surface area contributed by atoms with Crippen LogP contribution in [0.25, 0.3) is 0 Å². The highest BCUT2D eigenvalue weighted by Gasteiger charge is 2.45. The number of carbonyl (C=O) groups is 1. The molecule has 0 saturated carbocycles. The third-order valence-electron chi connectivity index (χ3n) is 5.01. The molecule has 24 heavy (non-hydrogen) atoms. The van der Waals surface area contributed by atoms with E-state index in [1.165, 1.54) is 0 Å². The minimum absolute atomic E-state index is 0.0976. The number of nitrogens with zero attached hydrogens (tertiary/aromatic N) is 3. The first-order chi connectivity index (χ1) is 11.6. The highest BCUT2D eigenvalue weighted by molar-refractivity contribution is 7.10. The van der Waals surface area contributed by atoms with Crippen molar-refractivity contribution in [1.82, 2.24) is 15.0 Å². The molecule has 2 aromatic heterocycles.